The molecule has 0 aliphatic carbocycles. The second-order valence-electron chi connectivity index (χ2n) is 2.87. The van der Waals surface area contributed by atoms with E-state index in [9.17, 15) is 0 Å². The molecule has 0 saturated carbocycles. The van der Waals surface area contributed by atoms with Crippen LogP contribution >= 0.6 is 22.6 Å². The molecule has 1 aromatic carbocycles. The van der Waals surface area contributed by atoms with Crippen molar-refractivity contribution in [2.45, 2.75) is 11.4 Å². The Morgan fingerprint density at radius 3 is 2.77 bits per heavy atom. The van der Waals surface area contributed by atoms with Gasteiger partial charge in [-0.25, -0.2) is 9.97 Å². The van der Waals surface area contributed by atoms with E-state index in [1.54, 1.807) is 0 Å². The monoisotopic (exact) mass is 284 g/mol. The second kappa shape index (κ2) is 3.57. The predicted octanol–water partition coefficient (Wildman–Crippen LogP) is 2.87. The van der Waals surface area contributed by atoms with Gasteiger partial charge in [0.25, 0.3) is 0 Å². The van der Waals surface area contributed by atoms with Crippen molar-refractivity contribution in [1.29, 1.82) is 0 Å². The smallest absolute Gasteiger partial charge is 0.126 e. The number of hydrogen-bond donors (Lipinski definition) is 0. The summed E-state index contributed by atoms with van der Waals surface area (Å²) in [5.74, 6) is 0.852. The summed E-state index contributed by atoms with van der Waals surface area (Å²) >= 11 is 2.33. The van der Waals surface area contributed by atoms with Crippen LogP contribution in [0.25, 0.3) is 10.9 Å². The van der Waals surface area contributed by atoms with Crippen molar-refractivity contribution in [3.8, 4) is 0 Å². The zero-order valence-electron chi connectivity index (χ0n) is 7.29. The third kappa shape index (κ3) is 1.65. The van der Waals surface area contributed by atoms with E-state index in [0.717, 1.165) is 21.5 Å². The maximum Gasteiger partial charge on any atom is 0.126 e. The van der Waals surface area contributed by atoms with Gasteiger partial charge in [-0.15, -0.1) is 0 Å². The fourth-order valence-electron chi connectivity index (χ4n) is 1.37. The first-order valence-corrected chi connectivity index (χ1v) is 5.62. The lowest BCUT2D eigenvalue weighted by Gasteiger charge is -2.02. The molecule has 1 aromatic heterocycles. The molecular weight excluding hydrogens is 275 g/mol. The quantitative estimate of drug-likeness (QED) is 0.594. The molecule has 0 saturated heterocycles. The van der Waals surface area contributed by atoms with Crippen molar-refractivity contribution >= 4 is 33.5 Å². The van der Waals surface area contributed by atoms with Crippen LogP contribution in [0.4, 0.5) is 0 Å². The van der Waals surface area contributed by atoms with Gasteiger partial charge in [0.2, 0.25) is 0 Å². The summed E-state index contributed by atoms with van der Waals surface area (Å²) in [4.78, 5) is 8.77. The lowest BCUT2D eigenvalue weighted by molar-refractivity contribution is 1.05. The maximum atomic E-state index is 4.40. The number of nitrogens with zero attached hydrogens (tertiary/aromatic N) is 2. The minimum absolute atomic E-state index is 0.852. The normalized spacial score (nSPS) is 10.6. The van der Waals surface area contributed by atoms with Gasteiger partial charge in [0, 0.05) is 9.81 Å². The van der Waals surface area contributed by atoms with Gasteiger partial charge in [-0.2, -0.15) is 0 Å². The molecule has 0 fully saturated rings. The van der Waals surface area contributed by atoms with Gasteiger partial charge in [0.05, 0.1) is 11.2 Å². The molecule has 2 nitrogen and oxygen atoms in total. The molecule has 1 heterocycles. The van der Waals surface area contributed by atoms with Gasteiger partial charge >= 0.3 is 0 Å². The first kappa shape index (κ1) is 8.87. The molecule has 0 bridgehead atoms. The zero-order valence-corrected chi connectivity index (χ0v) is 9.45. The van der Waals surface area contributed by atoms with Crippen LogP contribution in [0, 0.1) is 6.92 Å². The third-order valence-corrected chi connectivity index (χ3v) is 2.64. The third-order valence-electron chi connectivity index (χ3n) is 1.92. The molecule has 0 spiro atoms. The fraction of sp³-hybridized carbons (Fsp3) is 0.200. The molecule has 0 amide bonds. The highest BCUT2D eigenvalue weighted by atomic mass is 127. The molecule has 13 heavy (non-hydrogen) atoms. The minimum atomic E-state index is 0.852. The fourth-order valence-corrected chi connectivity index (χ4v) is 1.95. The van der Waals surface area contributed by atoms with Crippen LogP contribution in [0.5, 0.6) is 0 Å². The Labute approximate surface area is 90.5 Å². The van der Waals surface area contributed by atoms with E-state index in [4.69, 9.17) is 0 Å². The van der Waals surface area contributed by atoms with Crippen LogP contribution in [0.1, 0.15) is 11.5 Å². The van der Waals surface area contributed by atoms with Crippen molar-refractivity contribution in [3.05, 3.63) is 35.8 Å². The number of para-hydroxylation sites is 1. The number of aryl methyl sites for hydroxylation is 1. The number of alkyl halides is 1. The van der Waals surface area contributed by atoms with E-state index in [1.807, 2.05) is 25.1 Å². The van der Waals surface area contributed by atoms with Gasteiger partial charge in [0.1, 0.15) is 5.82 Å². The number of halogens is 1. The zero-order chi connectivity index (χ0) is 9.26. The molecule has 0 atom stereocenters. The van der Waals surface area contributed by atoms with Gasteiger partial charge in [0.15, 0.2) is 0 Å². The molecule has 2 rings (SSSR count). The Bertz CT molecular complexity index is 440. The standard InChI is InChI=1S/C10H9IN2/c1-7-12-9-5-3-2-4-8(9)10(6-11)13-7/h2-5H,6H2,1H3. The van der Waals surface area contributed by atoms with Crippen molar-refractivity contribution in [2.24, 2.45) is 0 Å². The second-order valence-corrected chi connectivity index (χ2v) is 3.63. The van der Waals surface area contributed by atoms with E-state index in [0.29, 0.717) is 0 Å². The molecule has 0 aliphatic heterocycles. The van der Waals surface area contributed by atoms with Crippen molar-refractivity contribution < 1.29 is 0 Å². The Hall–Kier alpha value is -0.710. The van der Waals surface area contributed by atoms with E-state index >= 15 is 0 Å². The van der Waals surface area contributed by atoms with Crippen LogP contribution in [-0.4, -0.2) is 9.97 Å². The highest BCUT2D eigenvalue weighted by Crippen LogP contribution is 2.17. The molecule has 66 valence electrons. The molecule has 0 unspecified atom stereocenters. The van der Waals surface area contributed by atoms with Crippen molar-refractivity contribution in [1.82, 2.24) is 9.97 Å². The van der Waals surface area contributed by atoms with Crippen LogP contribution in [0.2, 0.25) is 0 Å². The van der Waals surface area contributed by atoms with Gasteiger partial charge in [-0.05, 0) is 13.0 Å². The molecule has 2 aromatic rings. The highest BCUT2D eigenvalue weighted by molar-refractivity contribution is 14.1. The molecule has 0 N–H and O–H groups in total. The summed E-state index contributed by atoms with van der Waals surface area (Å²) in [5.41, 5.74) is 2.17. The number of hydrogen-bond acceptors (Lipinski definition) is 2. The average Bonchev–Trinajstić information content (AvgIpc) is 2.16. The molecule has 0 radical (unpaired) electrons. The van der Waals surface area contributed by atoms with E-state index in [2.05, 4.69) is 38.6 Å². The lowest BCUT2D eigenvalue weighted by Crippen LogP contribution is -1.94. The predicted molar refractivity (Wildman–Crippen MR) is 62.0 cm³/mol. The summed E-state index contributed by atoms with van der Waals surface area (Å²) in [5, 5.41) is 1.17. The van der Waals surface area contributed by atoms with Crippen LogP contribution in [-0.2, 0) is 4.43 Å². The summed E-state index contributed by atoms with van der Waals surface area (Å²) in [6, 6.07) is 8.13. The largest absolute Gasteiger partial charge is 0.237 e. The number of aromatic nitrogens is 2. The SMILES string of the molecule is Cc1nc(CI)c2ccccc2n1. The summed E-state index contributed by atoms with van der Waals surface area (Å²) < 4.78 is 0.932. The average molecular weight is 284 g/mol. The van der Waals surface area contributed by atoms with Crippen molar-refractivity contribution in [3.63, 3.8) is 0 Å². The molecule has 0 aliphatic rings. The Morgan fingerprint density at radius 1 is 1.23 bits per heavy atom. The van der Waals surface area contributed by atoms with Crippen LogP contribution in [0.3, 0.4) is 0 Å². The maximum absolute atomic E-state index is 4.40. The van der Waals surface area contributed by atoms with Gasteiger partial charge in [-0.3, -0.25) is 0 Å². The van der Waals surface area contributed by atoms with Crippen LogP contribution in [0.15, 0.2) is 24.3 Å². The number of rotatable bonds is 1. The van der Waals surface area contributed by atoms with Gasteiger partial charge < -0.3 is 0 Å². The summed E-state index contributed by atoms with van der Waals surface area (Å²) in [7, 11) is 0. The van der Waals surface area contributed by atoms with E-state index in [1.165, 1.54) is 5.39 Å². The Morgan fingerprint density at radius 2 is 2.00 bits per heavy atom. The van der Waals surface area contributed by atoms with Gasteiger partial charge in [-0.1, -0.05) is 40.8 Å². The highest BCUT2D eigenvalue weighted by Gasteiger charge is 2.02. The first-order chi connectivity index (χ1) is 6.31. The van der Waals surface area contributed by atoms with Crippen LogP contribution < -0.4 is 0 Å². The summed E-state index contributed by atoms with van der Waals surface area (Å²) in [6.45, 7) is 1.93. The summed E-state index contributed by atoms with van der Waals surface area (Å²) in [6.07, 6.45) is 0. The first-order valence-electron chi connectivity index (χ1n) is 4.09. The van der Waals surface area contributed by atoms with Crippen molar-refractivity contribution in [2.75, 3.05) is 0 Å². The van der Waals surface area contributed by atoms with E-state index < -0.39 is 0 Å². The minimum Gasteiger partial charge on any atom is -0.237 e. The Balaban J connectivity index is 2.81. The topological polar surface area (TPSA) is 25.8 Å². The number of benzene rings is 1. The van der Waals surface area contributed by atoms with E-state index in [-0.39, 0.29) is 0 Å². The lowest BCUT2D eigenvalue weighted by atomic mass is 10.2. The number of fused-ring (bicyclic) bond motifs is 1. The molecular formula is C10H9IN2. The molecule has 3 heteroatoms. The Kier molecular flexibility index (Phi) is 2.44.